The number of aryl methyl sites for hydroxylation is 1. The molecule has 3 N–H and O–H groups in total. The number of ketones is 1. The second kappa shape index (κ2) is 20.9. The number of ether oxygens (including phenoxy) is 1. The highest BCUT2D eigenvalue weighted by atomic mass is 35.5. The number of alkyl halides is 3. The summed E-state index contributed by atoms with van der Waals surface area (Å²) in [5.41, 5.74) is 6.39. The van der Waals surface area contributed by atoms with Gasteiger partial charge in [-0.15, -0.1) is 0 Å². The molecule has 53 heavy (non-hydrogen) atoms. The van der Waals surface area contributed by atoms with Gasteiger partial charge in [-0.1, -0.05) is 43.6 Å². The Balaban J connectivity index is 0.000000232. The van der Waals surface area contributed by atoms with Crippen LogP contribution in [-0.4, -0.2) is 97.3 Å². The average molecular weight is 769 g/mol. The monoisotopic (exact) mass is 768 g/mol. The Labute approximate surface area is 317 Å². The standard InChI is InChI=1S/C19H25N3O3.C12H26NO2.C8H7ClF3N/c1-14(23)6-7-18(24)21-11-9-16(10-12-21)22-13-8-15-4-2-3-5-17(15)20-19(22)25;1-4-8-13(14-3,9-5-2)12-6-10-15-11-7-12;1-4-2-5(8(10,11)12)7(13)6(9)3-4/h2-5,16H,6-13H2,1H3,(H,20,25);12H,4-11H2,1-3H3;2-3H,13H2,1H3/q;+1;. The van der Waals surface area contributed by atoms with Crippen LogP contribution < -0.4 is 11.1 Å². The fraction of sp³-hybridized carbons (Fsp3) is 0.615. The van der Waals surface area contributed by atoms with Crippen LogP contribution in [0.5, 0.6) is 0 Å². The summed E-state index contributed by atoms with van der Waals surface area (Å²) in [5.74, 6) is 0.0883. The normalized spacial score (nSPS) is 17.0. The number of rotatable bonds is 10. The number of Topliss-reactive ketones (excluding diaryl/α,β-unsaturated/α-hetero) is 1. The van der Waals surface area contributed by atoms with E-state index in [0.29, 0.717) is 44.1 Å². The number of likely N-dealkylation sites (tertiary alicyclic amines) is 1. The molecule has 0 atom stereocenters. The maximum atomic E-state index is 12.6. The largest absolute Gasteiger partial charge is 0.418 e. The van der Waals surface area contributed by atoms with Crippen molar-refractivity contribution in [3.63, 3.8) is 0 Å². The van der Waals surface area contributed by atoms with Crippen LogP contribution in [0.15, 0.2) is 36.4 Å². The molecule has 2 saturated heterocycles. The van der Waals surface area contributed by atoms with Gasteiger partial charge in [-0.05, 0) is 75.3 Å². The maximum Gasteiger partial charge on any atom is 0.418 e. The van der Waals surface area contributed by atoms with Crippen LogP contribution in [0.4, 0.5) is 29.3 Å². The zero-order chi connectivity index (χ0) is 39.2. The van der Waals surface area contributed by atoms with Crippen LogP contribution in [0.3, 0.4) is 0 Å². The van der Waals surface area contributed by atoms with Crippen molar-refractivity contribution in [1.29, 1.82) is 0 Å². The number of amides is 3. The molecule has 14 heteroatoms. The van der Waals surface area contributed by atoms with Gasteiger partial charge in [0, 0.05) is 57.0 Å². The molecule has 0 spiro atoms. The van der Waals surface area contributed by atoms with Crippen molar-refractivity contribution in [3.8, 4) is 0 Å². The van der Waals surface area contributed by atoms with E-state index in [-0.39, 0.29) is 28.8 Å². The number of nitrogen functional groups attached to an aromatic ring is 1. The van der Waals surface area contributed by atoms with Crippen molar-refractivity contribution in [2.24, 2.45) is 0 Å². The maximum absolute atomic E-state index is 12.6. The van der Waals surface area contributed by atoms with Gasteiger partial charge in [-0.25, -0.2) is 9.63 Å². The smallest absolute Gasteiger partial charge is 0.397 e. The Morgan fingerprint density at radius 3 is 2.21 bits per heavy atom. The van der Waals surface area contributed by atoms with Crippen molar-refractivity contribution in [1.82, 2.24) is 9.80 Å². The van der Waals surface area contributed by atoms with E-state index in [1.807, 2.05) is 35.1 Å². The third-order valence-corrected chi connectivity index (χ3v) is 10.4. The predicted octanol–water partition coefficient (Wildman–Crippen LogP) is 8.05. The number of para-hydroxylation sites is 1. The predicted molar refractivity (Wildman–Crippen MR) is 202 cm³/mol. The number of halogens is 4. The highest BCUT2D eigenvalue weighted by Gasteiger charge is 2.38. The lowest BCUT2D eigenvalue weighted by Crippen LogP contribution is -2.57. The first kappa shape index (κ1) is 44.0. The van der Waals surface area contributed by atoms with E-state index in [9.17, 15) is 27.6 Å². The lowest BCUT2D eigenvalue weighted by atomic mass is 10.0. The fourth-order valence-electron chi connectivity index (χ4n) is 7.32. The first-order valence-corrected chi connectivity index (χ1v) is 19.1. The molecule has 2 aromatic rings. The highest BCUT2D eigenvalue weighted by Crippen LogP contribution is 2.37. The van der Waals surface area contributed by atoms with Crippen molar-refractivity contribution < 1.29 is 41.8 Å². The number of carbonyl (C=O) groups excluding carboxylic acids is 3. The summed E-state index contributed by atoms with van der Waals surface area (Å²) in [7, 11) is 1.86. The van der Waals surface area contributed by atoms with Gasteiger partial charge in [0.1, 0.15) is 24.9 Å². The summed E-state index contributed by atoms with van der Waals surface area (Å²) in [5, 5.41) is 2.94. The molecule has 0 unspecified atom stereocenters. The molecular weight excluding hydrogens is 711 g/mol. The van der Waals surface area contributed by atoms with E-state index >= 15 is 0 Å². The van der Waals surface area contributed by atoms with Crippen molar-refractivity contribution in [3.05, 3.63) is 58.1 Å². The quantitative estimate of drug-likeness (QED) is 0.144. The topological polar surface area (TPSA) is 114 Å². The number of urea groups is 1. The summed E-state index contributed by atoms with van der Waals surface area (Å²) < 4.78 is 43.1. The van der Waals surface area contributed by atoms with Crippen LogP contribution in [0.25, 0.3) is 0 Å². The number of benzene rings is 2. The van der Waals surface area contributed by atoms with Crippen molar-refractivity contribution in [2.45, 2.75) is 104 Å². The second-order valence-corrected chi connectivity index (χ2v) is 14.4. The van der Waals surface area contributed by atoms with E-state index in [1.165, 1.54) is 32.8 Å². The lowest BCUT2D eigenvalue weighted by molar-refractivity contribution is -1.12. The van der Waals surface area contributed by atoms with Gasteiger partial charge in [0.25, 0.3) is 0 Å². The number of anilines is 2. The molecule has 2 fully saturated rings. The van der Waals surface area contributed by atoms with Gasteiger partial charge in [0.15, 0.2) is 0 Å². The van der Waals surface area contributed by atoms with Gasteiger partial charge >= 0.3 is 12.2 Å². The van der Waals surface area contributed by atoms with E-state index in [0.717, 1.165) is 80.4 Å². The summed E-state index contributed by atoms with van der Waals surface area (Å²) in [6, 6.07) is 11.0. The highest BCUT2D eigenvalue weighted by molar-refractivity contribution is 6.33. The second-order valence-electron chi connectivity index (χ2n) is 14.0. The molecule has 296 valence electrons. The van der Waals surface area contributed by atoms with Crippen molar-refractivity contribution >= 4 is 40.7 Å². The summed E-state index contributed by atoms with van der Waals surface area (Å²) >= 11 is 5.50. The Morgan fingerprint density at radius 2 is 1.64 bits per heavy atom. The van der Waals surface area contributed by atoms with Crippen molar-refractivity contribution in [2.75, 3.05) is 64.1 Å². The van der Waals surface area contributed by atoms with Crippen LogP contribution in [0.2, 0.25) is 5.02 Å². The average Bonchev–Trinajstić information content (AvgIpc) is 3.30. The Morgan fingerprint density at radius 1 is 1.02 bits per heavy atom. The number of piperidine rings is 1. The van der Waals surface area contributed by atoms with E-state index in [4.69, 9.17) is 26.9 Å². The van der Waals surface area contributed by atoms with Gasteiger partial charge in [-0.2, -0.15) is 17.8 Å². The molecule has 0 saturated carbocycles. The molecule has 3 aliphatic rings. The molecule has 3 amide bonds. The van der Waals surface area contributed by atoms with Crippen LogP contribution in [0.1, 0.15) is 88.8 Å². The SMILES string of the molecule is CC(=O)CCC(=O)N1CCC(N2CCc3ccccc3NC2=O)CC1.CCC[N+](CCC)(OC)C1CCOCC1.Cc1cc(Cl)c(N)c(C(F)(F)F)c1. The number of carbonyl (C=O) groups is 3. The number of hydrogen-bond acceptors (Lipinski definition) is 6. The molecule has 3 aliphatic heterocycles. The third-order valence-electron chi connectivity index (χ3n) is 10.1. The number of nitrogens with one attached hydrogen (secondary N) is 1. The first-order valence-electron chi connectivity index (χ1n) is 18.7. The zero-order valence-corrected chi connectivity index (χ0v) is 32.7. The van der Waals surface area contributed by atoms with Crippen LogP contribution in [0, 0.1) is 6.92 Å². The number of hydrogen-bond donors (Lipinski definition) is 2. The Kier molecular flexibility index (Phi) is 17.4. The number of nitrogens with zero attached hydrogens (tertiary/aromatic N) is 3. The minimum absolute atomic E-state index is 0.0429. The van der Waals surface area contributed by atoms with E-state index in [2.05, 4.69) is 25.2 Å². The molecular formula is C39H58ClF3N5O5+. The van der Waals surface area contributed by atoms with Gasteiger partial charge < -0.3 is 30.4 Å². The van der Waals surface area contributed by atoms with E-state index < -0.39 is 17.4 Å². The minimum atomic E-state index is -4.44. The number of quaternary nitrogens is 1. The van der Waals surface area contributed by atoms with Gasteiger partial charge in [0.2, 0.25) is 5.91 Å². The van der Waals surface area contributed by atoms with Crippen LogP contribution in [-0.2, 0) is 31.8 Å². The fourth-order valence-corrected chi connectivity index (χ4v) is 7.59. The molecule has 0 aliphatic carbocycles. The molecule has 0 radical (unpaired) electrons. The number of fused-ring (bicyclic) bond motifs is 1. The molecule has 2 aromatic carbocycles. The number of nitrogens with two attached hydrogens (primary N) is 1. The minimum Gasteiger partial charge on any atom is -0.397 e. The summed E-state index contributed by atoms with van der Waals surface area (Å²) in [6.45, 7) is 13.6. The zero-order valence-electron chi connectivity index (χ0n) is 31.9. The Hall–Kier alpha value is -3.39. The third kappa shape index (κ3) is 12.9. The lowest BCUT2D eigenvalue weighted by Gasteiger charge is -2.42. The molecule has 10 nitrogen and oxygen atoms in total. The summed E-state index contributed by atoms with van der Waals surface area (Å²) in [4.78, 5) is 45.3. The van der Waals surface area contributed by atoms with Gasteiger partial charge in [0.05, 0.1) is 36.6 Å². The van der Waals surface area contributed by atoms with E-state index in [1.54, 1.807) is 0 Å². The molecule has 5 rings (SSSR count). The number of hydroxylamine groups is 3. The molecule has 3 heterocycles. The molecule has 0 aromatic heterocycles. The summed E-state index contributed by atoms with van der Waals surface area (Å²) in [6.07, 6.45) is 3.24. The first-order chi connectivity index (χ1) is 25.1. The molecule has 0 bridgehead atoms. The Bertz CT molecular complexity index is 1490. The van der Waals surface area contributed by atoms with Crippen LogP contribution >= 0.6 is 11.6 Å². The van der Waals surface area contributed by atoms with Gasteiger partial charge in [-0.3, -0.25) is 4.79 Å².